The lowest BCUT2D eigenvalue weighted by Crippen LogP contribution is -1.98. The van der Waals surface area contributed by atoms with Crippen molar-refractivity contribution in [2.24, 2.45) is 0 Å². The van der Waals surface area contributed by atoms with E-state index in [1.807, 2.05) is 24.3 Å². The fourth-order valence-corrected chi connectivity index (χ4v) is 3.67. The fraction of sp³-hybridized carbons (Fsp3) is 0.684. The summed E-state index contributed by atoms with van der Waals surface area (Å²) in [7, 11) is -0.804. The molecule has 1 aromatic carbocycles. The number of benzene rings is 1. The third-order valence-corrected chi connectivity index (χ3v) is 5.42. The molecule has 1 nitrogen and oxygen atoms in total. The lowest BCUT2D eigenvalue weighted by molar-refractivity contribution is 0.562. The van der Waals surface area contributed by atoms with E-state index in [1.54, 1.807) is 0 Å². The van der Waals surface area contributed by atoms with Gasteiger partial charge in [0.25, 0.3) is 0 Å². The third kappa shape index (κ3) is 9.08. The van der Waals surface area contributed by atoms with Crippen LogP contribution in [0.25, 0.3) is 0 Å². The molecule has 0 bridgehead atoms. The number of unbranched alkanes of at least 4 members (excludes halogenated alkanes) is 9. The molecule has 1 atom stereocenters. The molecule has 0 amide bonds. The van der Waals surface area contributed by atoms with E-state index in [0.717, 1.165) is 17.1 Å². The molecule has 0 saturated heterocycles. The van der Waals surface area contributed by atoms with E-state index in [9.17, 15) is 4.21 Å². The van der Waals surface area contributed by atoms with Gasteiger partial charge in [-0.3, -0.25) is 4.21 Å². The number of hydrogen-bond donors (Lipinski definition) is 0. The average Bonchev–Trinajstić information content (AvgIpc) is 2.49. The SMILES string of the molecule is CCCCCCCCCCCCS(=O)c1ccc(C)cc1. The smallest absolute Gasteiger partial charge is 0.0529 e. The monoisotopic (exact) mass is 308 g/mol. The molecule has 0 spiro atoms. The molecule has 0 N–H and O–H groups in total. The summed E-state index contributed by atoms with van der Waals surface area (Å²) < 4.78 is 12.1. The van der Waals surface area contributed by atoms with Crippen LogP contribution >= 0.6 is 0 Å². The van der Waals surface area contributed by atoms with Gasteiger partial charge < -0.3 is 0 Å². The van der Waals surface area contributed by atoms with Crippen LogP contribution in [0.15, 0.2) is 29.2 Å². The Hall–Kier alpha value is -0.630. The van der Waals surface area contributed by atoms with Crippen LogP contribution in [-0.2, 0) is 10.8 Å². The molecule has 0 aromatic heterocycles. The van der Waals surface area contributed by atoms with Gasteiger partial charge >= 0.3 is 0 Å². The van der Waals surface area contributed by atoms with Crippen molar-refractivity contribution in [3.8, 4) is 0 Å². The van der Waals surface area contributed by atoms with Gasteiger partial charge in [-0.1, -0.05) is 82.4 Å². The standard InChI is InChI=1S/C19H32OS/c1-3-4-5-6-7-8-9-10-11-12-17-21(20)19-15-13-18(2)14-16-19/h13-16H,3-12,17H2,1-2H3. The van der Waals surface area contributed by atoms with Gasteiger partial charge in [0.2, 0.25) is 0 Å². The minimum absolute atomic E-state index is 0.804. The first-order chi connectivity index (χ1) is 10.2. The Kier molecular flexibility index (Phi) is 10.5. The van der Waals surface area contributed by atoms with E-state index >= 15 is 0 Å². The van der Waals surface area contributed by atoms with Gasteiger partial charge in [-0.15, -0.1) is 0 Å². The Morgan fingerprint density at radius 2 is 1.24 bits per heavy atom. The molecule has 1 rings (SSSR count). The van der Waals surface area contributed by atoms with E-state index in [4.69, 9.17) is 0 Å². The molecule has 1 aromatic rings. The minimum atomic E-state index is -0.804. The van der Waals surface area contributed by atoms with Crippen LogP contribution < -0.4 is 0 Å². The summed E-state index contributed by atoms with van der Waals surface area (Å²) in [5.41, 5.74) is 1.23. The first-order valence-corrected chi connectivity index (χ1v) is 10.0. The molecule has 21 heavy (non-hydrogen) atoms. The van der Waals surface area contributed by atoms with Crippen molar-refractivity contribution >= 4 is 10.8 Å². The molecule has 0 aliphatic heterocycles. The van der Waals surface area contributed by atoms with Gasteiger partial charge in [0, 0.05) is 10.6 Å². The second-order valence-corrected chi connectivity index (χ2v) is 7.62. The molecular weight excluding hydrogens is 276 g/mol. The molecule has 120 valence electrons. The van der Waals surface area contributed by atoms with Crippen LogP contribution in [0, 0.1) is 6.92 Å². The summed E-state index contributed by atoms with van der Waals surface area (Å²) in [5, 5.41) is 0. The van der Waals surface area contributed by atoms with Gasteiger partial charge in [-0.25, -0.2) is 0 Å². The lowest BCUT2D eigenvalue weighted by atomic mass is 10.1. The zero-order valence-corrected chi connectivity index (χ0v) is 14.7. The van der Waals surface area contributed by atoms with Gasteiger partial charge in [0.05, 0.1) is 10.8 Å². The second-order valence-electron chi connectivity index (χ2n) is 6.04. The van der Waals surface area contributed by atoms with Gasteiger partial charge in [0.15, 0.2) is 0 Å². The minimum Gasteiger partial charge on any atom is -0.254 e. The van der Waals surface area contributed by atoms with Gasteiger partial charge in [-0.2, -0.15) is 0 Å². The van der Waals surface area contributed by atoms with E-state index in [2.05, 4.69) is 13.8 Å². The summed E-state index contributed by atoms with van der Waals surface area (Å²) in [6.07, 6.45) is 13.3. The quantitative estimate of drug-likeness (QED) is 0.431. The van der Waals surface area contributed by atoms with Crippen molar-refractivity contribution in [2.75, 3.05) is 5.75 Å². The Morgan fingerprint density at radius 1 is 0.762 bits per heavy atom. The second kappa shape index (κ2) is 12.0. The molecule has 1 unspecified atom stereocenters. The summed E-state index contributed by atoms with van der Waals surface area (Å²) in [6.45, 7) is 4.33. The maximum Gasteiger partial charge on any atom is 0.0529 e. The Balaban J connectivity index is 1.96. The summed E-state index contributed by atoms with van der Waals surface area (Å²) in [4.78, 5) is 0.983. The largest absolute Gasteiger partial charge is 0.254 e. The maximum atomic E-state index is 12.1. The van der Waals surface area contributed by atoms with Crippen LogP contribution in [0.2, 0.25) is 0 Å². The van der Waals surface area contributed by atoms with E-state index in [-0.39, 0.29) is 0 Å². The molecule has 0 aliphatic rings. The highest BCUT2D eigenvalue weighted by Gasteiger charge is 2.02. The lowest BCUT2D eigenvalue weighted by Gasteiger charge is -2.04. The Bertz CT molecular complexity index is 383. The third-order valence-electron chi connectivity index (χ3n) is 3.97. The van der Waals surface area contributed by atoms with Crippen LogP contribution in [-0.4, -0.2) is 9.96 Å². The highest BCUT2D eigenvalue weighted by atomic mass is 32.2. The normalized spacial score (nSPS) is 12.5. The Labute approximate surface area is 134 Å². The highest BCUT2D eigenvalue weighted by molar-refractivity contribution is 7.85. The number of rotatable bonds is 12. The summed E-state index contributed by atoms with van der Waals surface area (Å²) in [5.74, 6) is 0.819. The van der Waals surface area contributed by atoms with E-state index in [0.29, 0.717) is 0 Å². The van der Waals surface area contributed by atoms with Crippen molar-refractivity contribution in [3.05, 3.63) is 29.8 Å². The topological polar surface area (TPSA) is 17.1 Å². The zero-order chi connectivity index (χ0) is 15.3. The van der Waals surface area contributed by atoms with Gasteiger partial charge in [-0.05, 0) is 25.5 Å². The van der Waals surface area contributed by atoms with Crippen LogP contribution in [0.3, 0.4) is 0 Å². The van der Waals surface area contributed by atoms with Crippen molar-refractivity contribution < 1.29 is 4.21 Å². The van der Waals surface area contributed by atoms with Crippen molar-refractivity contribution in [2.45, 2.75) is 83.0 Å². The predicted molar refractivity (Wildman–Crippen MR) is 94.3 cm³/mol. The predicted octanol–water partition coefficient (Wildman–Crippen LogP) is 6.02. The van der Waals surface area contributed by atoms with E-state index in [1.165, 1.54) is 63.4 Å². The first kappa shape index (κ1) is 18.4. The maximum absolute atomic E-state index is 12.1. The first-order valence-electron chi connectivity index (χ1n) is 8.69. The molecule has 0 aliphatic carbocycles. The molecule has 0 radical (unpaired) electrons. The molecule has 0 saturated carbocycles. The van der Waals surface area contributed by atoms with Crippen molar-refractivity contribution in [3.63, 3.8) is 0 Å². The molecular formula is C19H32OS. The highest BCUT2D eigenvalue weighted by Crippen LogP contribution is 2.13. The number of hydrogen-bond acceptors (Lipinski definition) is 1. The van der Waals surface area contributed by atoms with Gasteiger partial charge in [0.1, 0.15) is 0 Å². The Morgan fingerprint density at radius 3 is 1.76 bits per heavy atom. The zero-order valence-electron chi connectivity index (χ0n) is 13.9. The summed E-state index contributed by atoms with van der Waals surface area (Å²) in [6, 6.07) is 8.10. The fourth-order valence-electron chi connectivity index (χ4n) is 2.53. The number of aryl methyl sites for hydroxylation is 1. The van der Waals surface area contributed by atoms with Crippen molar-refractivity contribution in [1.82, 2.24) is 0 Å². The summed E-state index contributed by atoms with van der Waals surface area (Å²) >= 11 is 0. The molecule has 0 fully saturated rings. The van der Waals surface area contributed by atoms with Crippen LogP contribution in [0.1, 0.15) is 76.7 Å². The molecule has 0 heterocycles. The van der Waals surface area contributed by atoms with Crippen LogP contribution in [0.5, 0.6) is 0 Å². The van der Waals surface area contributed by atoms with Crippen LogP contribution in [0.4, 0.5) is 0 Å². The molecule has 2 heteroatoms. The van der Waals surface area contributed by atoms with E-state index < -0.39 is 10.8 Å². The van der Waals surface area contributed by atoms with Crippen molar-refractivity contribution in [1.29, 1.82) is 0 Å². The average molecular weight is 309 g/mol.